The number of thiazole rings is 1. The zero-order valence-corrected chi connectivity index (χ0v) is 18.1. The molecule has 0 aliphatic heterocycles. The smallest absolute Gasteiger partial charge is 0.268 e. The van der Waals surface area contributed by atoms with E-state index in [2.05, 4.69) is 15.3 Å². The van der Waals surface area contributed by atoms with Crippen LogP contribution in [0, 0.1) is 6.92 Å². The van der Waals surface area contributed by atoms with Crippen molar-refractivity contribution < 1.29 is 9.59 Å². The number of nitrogens with two attached hydrogens (primary N) is 1. The molecule has 0 spiro atoms. The van der Waals surface area contributed by atoms with Crippen LogP contribution in [-0.4, -0.2) is 26.2 Å². The number of nitrogens with one attached hydrogen (secondary N) is 1. The number of amides is 2. The molecule has 0 saturated heterocycles. The summed E-state index contributed by atoms with van der Waals surface area (Å²) in [6.45, 7) is 2.23. The van der Waals surface area contributed by atoms with Gasteiger partial charge in [-0.1, -0.05) is 6.07 Å². The summed E-state index contributed by atoms with van der Waals surface area (Å²) < 4.78 is 2.69. The van der Waals surface area contributed by atoms with Crippen LogP contribution < -0.4 is 11.1 Å². The van der Waals surface area contributed by atoms with Crippen LogP contribution in [0.3, 0.4) is 0 Å². The number of carbonyl (C=O) groups is 2. The number of rotatable bonds is 5. The molecule has 0 unspecified atom stereocenters. The number of carbonyl (C=O) groups excluding carboxylic acids is 2. The molecule has 9 heteroatoms. The predicted molar refractivity (Wildman–Crippen MR) is 123 cm³/mol. The molecule has 4 heterocycles. The summed E-state index contributed by atoms with van der Waals surface area (Å²) >= 11 is 3.06. The summed E-state index contributed by atoms with van der Waals surface area (Å²) in [7, 11) is 0. The standard InChI is InChI=1S/C22H17N5O2S2/c1-12-6-15(22(29)24-8-13-2-3-16-17(7-13)31-11-25-16)21-26-18(14-4-5-30-10-14)19(20(23)28)27(21)9-12/h2-7,9-11H,8H2,1H3,(H2,23,28)(H,24,29). The zero-order valence-electron chi connectivity index (χ0n) is 16.5. The van der Waals surface area contributed by atoms with Crippen LogP contribution in [0.15, 0.2) is 52.8 Å². The van der Waals surface area contributed by atoms with Crippen molar-refractivity contribution in [2.24, 2.45) is 5.73 Å². The molecule has 1 aromatic carbocycles. The van der Waals surface area contributed by atoms with Crippen molar-refractivity contribution >= 4 is 50.4 Å². The Hall–Kier alpha value is -3.56. The van der Waals surface area contributed by atoms with E-state index in [4.69, 9.17) is 5.73 Å². The molecule has 3 N–H and O–H groups in total. The quantitative estimate of drug-likeness (QED) is 0.425. The number of hydrogen-bond donors (Lipinski definition) is 2. The molecule has 5 rings (SSSR count). The average Bonchev–Trinajstić information content (AvgIpc) is 3.49. The van der Waals surface area contributed by atoms with E-state index in [1.807, 2.05) is 41.9 Å². The van der Waals surface area contributed by atoms with Crippen LogP contribution in [0.2, 0.25) is 0 Å². The third-order valence-electron chi connectivity index (χ3n) is 4.98. The maximum absolute atomic E-state index is 13.1. The summed E-state index contributed by atoms with van der Waals surface area (Å²) in [6.07, 6.45) is 1.77. The van der Waals surface area contributed by atoms with Gasteiger partial charge < -0.3 is 11.1 Å². The largest absolute Gasteiger partial charge is 0.364 e. The van der Waals surface area contributed by atoms with E-state index in [-0.39, 0.29) is 11.6 Å². The Labute approximate surface area is 185 Å². The highest BCUT2D eigenvalue weighted by atomic mass is 32.1. The normalized spacial score (nSPS) is 11.3. The van der Waals surface area contributed by atoms with E-state index in [1.54, 1.807) is 33.5 Å². The summed E-state index contributed by atoms with van der Waals surface area (Å²) in [5, 5.41) is 6.77. The minimum atomic E-state index is -0.594. The van der Waals surface area contributed by atoms with Crippen molar-refractivity contribution in [1.82, 2.24) is 19.7 Å². The van der Waals surface area contributed by atoms with Gasteiger partial charge in [0.15, 0.2) is 5.65 Å². The van der Waals surface area contributed by atoms with Crippen molar-refractivity contribution in [3.63, 3.8) is 0 Å². The van der Waals surface area contributed by atoms with Gasteiger partial charge in [-0.3, -0.25) is 14.0 Å². The fraction of sp³-hybridized carbons (Fsp3) is 0.0909. The molecular weight excluding hydrogens is 430 g/mol. The Bertz CT molecular complexity index is 1450. The first-order valence-corrected chi connectivity index (χ1v) is 11.3. The first kappa shape index (κ1) is 19.4. The van der Waals surface area contributed by atoms with E-state index < -0.39 is 5.91 Å². The molecule has 0 aliphatic carbocycles. The number of fused-ring (bicyclic) bond motifs is 2. The van der Waals surface area contributed by atoms with E-state index >= 15 is 0 Å². The summed E-state index contributed by atoms with van der Waals surface area (Å²) in [6, 6.07) is 9.56. The maximum Gasteiger partial charge on any atom is 0.268 e. The van der Waals surface area contributed by atoms with E-state index in [1.165, 1.54) is 11.3 Å². The van der Waals surface area contributed by atoms with Crippen molar-refractivity contribution in [1.29, 1.82) is 0 Å². The van der Waals surface area contributed by atoms with Gasteiger partial charge in [0.05, 0.1) is 21.3 Å². The van der Waals surface area contributed by atoms with E-state index in [9.17, 15) is 9.59 Å². The van der Waals surface area contributed by atoms with Crippen molar-refractivity contribution in [3.8, 4) is 11.3 Å². The van der Waals surface area contributed by atoms with Crippen molar-refractivity contribution in [3.05, 3.63) is 75.2 Å². The van der Waals surface area contributed by atoms with Gasteiger partial charge in [-0.05, 0) is 47.7 Å². The molecule has 0 aliphatic rings. The fourth-order valence-electron chi connectivity index (χ4n) is 3.57. The van der Waals surface area contributed by atoms with Crippen LogP contribution in [-0.2, 0) is 6.54 Å². The number of aryl methyl sites for hydroxylation is 1. The van der Waals surface area contributed by atoms with Gasteiger partial charge in [0.2, 0.25) is 0 Å². The van der Waals surface area contributed by atoms with E-state index in [0.717, 1.165) is 26.9 Å². The highest BCUT2D eigenvalue weighted by Crippen LogP contribution is 2.28. The zero-order chi connectivity index (χ0) is 21.5. The number of primary amides is 1. The second-order valence-electron chi connectivity index (χ2n) is 7.15. The Morgan fingerprint density at radius 2 is 2.10 bits per heavy atom. The molecule has 0 atom stereocenters. The number of benzene rings is 1. The third-order valence-corrected chi connectivity index (χ3v) is 6.45. The molecule has 0 saturated carbocycles. The first-order chi connectivity index (χ1) is 15.0. The number of aromatic nitrogens is 3. The van der Waals surface area contributed by atoms with Crippen LogP contribution in [0.4, 0.5) is 0 Å². The molecule has 4 aromatic heterocycles. The van der Waals surface area contributed by atoms with Crippen molar-refractivity contribution in [2.75, 3.05) is 0 Å². The molecule has 2 amide bonds. The Balaban J connectivity index is 1.53. The van der Waals surface area contributed by atoms with Gasteiger partial charge in [0, 0.05) is 23.7 Å². The summed E-state index contributed by atoms with van der Waals surface area (Å²) in [5.41, 5.74) is 12.6. The molecule has 0 radical (unpaired) electrons. The monoisotopic (exact) mass is 447 g/mol. The number of imidazole rings is 1. The van der Waals surface area contributed by atoms with Crippen LogP contribution >= 0.6 is 22.7 Å². The van der Waals surface area contributed by atoms with Crippen LogP contribution in [0.1, 0.15) is 32.0 Å². The topological polar surface area (TPSA) is 102 Å². The van der Waals surface area contributed by atoms with Gasteiger partial charge >= 0.3 is 0 Å². The lowest BCUT2D eigenvalue weighted by Gasteiger charge is -2.08. The van der Waals surface area contributed by atoms with Crippen LogP contribution in [0.5, 0.6) is 0 Å². The molecule has 154 valence electrons. The van der Waals surface area contributed by atoms with E-state index in [0.29, 0.717) is 23.4 Å². The third kappa shape index (κ3) is 3.47. The van der Waals surface area contributed by atoms with Crippen molar-refractivity contribution in [2.45, 2.75) is 13.5 Å². The molecule has 5 aromatic rings. The number of nitrogens with zero attached hydrogens (tertiary/aromatic N) is 3. The molecular formula is C22H17N5O2S2. The van der Waals surface area contributed by atoms with Crippen LogP contribution in [0.25, 0.3) is 27.1 Å². The first-order valence-electron chi connectivity index (χ1n) is 9.46. The molecule has 7 nitrogen and oxygen atoms in total. The minimum absolute atomic E-state index is 0.266. The second kappa shape index (κ2) is 7.60. The maximum atomic E-state index is 13.1. The number of hydrogen-bond acceptors (Lipinski definition) is 6. The molecule has 31 heavy (non-hydrogen) atoms. The predicted octanol–water partition coefficient (Wildman–Crippen LogP) is 4.01. The minimum Gasteiger partial charge on any atom is -0.364 e. The second-order valence-corrected chi connectivity index (χ2v) is 8.81. The number of thiophene rings is 1. The van der Waals surface area contributed by atoms with Gasteiger partial charge in [-0.15, -0.1) is 11.3 Å². The summed E-state index contributed by atoms with van der Waals surface area (Å²) in [5.74, 6) is -0.862. The molecule has 0 fully saturated rings. The lowest BCUT2D eigenvalue weighted by atomic mass is 10.1. The highest BCUT2D eigenvalue weighted by Gasteiger charge is 2.23. The Kier molecular flexibility index (Phi) is 4.76. The van der Waals surface area contributed by atoms with Gasteiger partial charge in [0.1, 0.15) is 11.4 Å². The Morgan fingerprint density at radius 1 is 1.23 bits per heavy atom. The van der Waals surface area contributed by atoms with Gasteiger partial charge in [-0.2, -0.15) is 11.3 Å². The van der Waals surface area contributed by atoms with Gasteiger partial charge in [0.25, 0.3) is 11.8 Å². The summed E-state index contributed by atoms with van der Waals surface area (Å²) in [4.78, 5) is 34.2. The lowest BCUT2D eigenvalue weighted by molar-refractivity contribution is 0.0949. The molecule has 0 bridgehead atoms. The highest BCUT2D eigenvalue weighted by molar-refractivity contribution is 7.16. The van der Waals surface area contributed by atoms with Gasteiger partial charge in [-0.25, -0.2) is 9.97 Å². The lowest BCUT2D eigenvalue weighted by Crippen LogP contribution is -2.24. The SMILES string of the molecule is Cc1cc(C(=O)NCc2ccc3ncsc3c2)c2nc(-c3ccsc3)c(C(N)=O)n2c1. The Morgan fingerprint density at radius 3 is 2.87 bits per heavy atom. The fourth-order valence-corrected chi connectivity index (χ4v) is 4.95. The average molecular weight is 448 g/mol. The number of pyridine rings is 1.